The molecule has 126 valence electrons. The van der Waals surface area contributed by atoms with E-state index in [4.69, 9.17) is 0 Å². The molecule has 2 heterocycles. The zero-order valence-electron chi connectivity index (χ0n) is 13.9. The molecule has 0 saturated carbocycles. The van der Waals surface area contributed by atoms with Crippen molar-refractivity contribution in [2.45, 2.75) is 33.2 Å². The molecule has 0 saturated heterocycles. The Labute approximate surface area is 147 Å². The number of rotatable bonds is 4. The van der Waals surface area contributed by atoms with Gasteiger partial charge in [-0.15, -0.1) is 11.3 Å². The van der Waals surface area contributed by atoms with Crippen molar-refractivity contribution in [1.82, 2.24) is 4.72 Å². The Morgan fingerprint density at radius 2 is 1.88 bits per heavy atom. The van der Waals surface area contributed by atoms with Crippen molar-refractivity contribution < 1.29 is 8.42 Å². The maximum Gasteiger partial charge on any atom is 0.264 e. The van der Waals surface area contributed by atoms with Crippen LogP contribution in [0.4, 0.5) is 0 Å². The summed E-state index contributed by atoms with van der Waals surface area (Å²) >= 11 is 1.61. The third kappa shape index (κ3) is 3.30. The molecule has 2 aromatic rings. The number of benzene rings is 1. The van der Waals surface area contributed by atoms with Crippen LogP contribution in [-0.2, 0) is 16.6 Å². The maximum atomic E-state index is 12.5. The first-order valence-electron chi connectivity index (χ1n) is 7.79. The van der Waals surface area contributed by atoms with Gasteiger partial charge >= 0.3 is 0 Å². The summed E-state index contributed by atoms with van der Waals surface area (Å²) in [6.45, 7) is 6.51. The first kappa shape index (κ1) is 16.9. The predicted octanol–water partition coefficient (Wildman–Crippen LogP) is 4.13. The van der Waals surface area contributed by atoms with Gasteiger partial charge in [0.1, 0.15) is 10.7 Å². The number of nitrogens with one attached hydrogen (secondary N) is 1. The van der Waals surface area contributed by atoms with Gasteiger partial charge in [0.25, 0.3) is 10.0 Å². The van der Waals surface area contributed by atoms with Crippen LogP contribution in [0.1, 0.15) is 42.7 Å². The Morgan fingerprint density at radius 1 is 1.17 bits per heavy atom. The van der Waals surface area contributed by atoms with Gasteiger partial charge in [-0.05, 0) is 35.4 Å². The minimum atomic E-state index is -3.56. The van der Waals surface area contributed by atoms with Gasteiger partial charge in [-0.3, -0.25) is 9.71 Å². The summed E-state index contributed by atoms with van der Waals surface area (Å²) in [5.74, 6) is 0.849. The molecule has 0 amide bonds. The monoisotopic (exact) mass is 360 g/mol. The quantitative estimate of drug-likeness (QED) is 0.891. The topological polar surface area (TPSA) is 58.5 Å². The highest BCUT2D eigenvalue weighted by molar-refractivity contribution is 8.00. The van der Waals surface area contributed by atoms with Crippen molar-refractivity contribution in [3.05, 3.63) is 63.4 Å². The molecule has 1 aliphatic rings. The normalized spacial score (nSPS) is 18.4. The van der Waals surface area contributed by atoms with E-state index in [2.05, 4.69) is 23.6 Å². The average molecular weight is 361 g/mol. The van der Waals surface area contributed by atoms with Gasteiger partial charge in [0.05, 0.1) is 6.54 Å². The van der Waals surface area contributed by atoms with Crippen molar-refractivity contribution in [2.24, 2.45) is 4.99 Å². The minimum Gasteiger partial charge on any atom is -0.263 e. The second-order valence-corrected chi connectivity index (χ2v) is 8.73. The summed E-state index contributed by atoms with van der Waals surface area (Å²) in [6, 6.07) is 11.7. The van der Waals surface area contributed by atoms with Crippen molar-refractivity contribution in [3.8, 4) is 0 Å². The van der Waals surface area contributed by atoms with Crippen LogP contribution in [0.3, 0.4) is 0 Å². The van der Waals surface area contributed by atoms with Crippen molar-refractivity contribution in [1.29, 1.82) is 0 Å². The predicted molar refractivity (Wildman–Crippen MR) is 101 cm³/mol. The highest BCUT2D eigenvalue weighted by Gasteiger charge is 2.32. The first-order chi connectivity index (χ1) is 11.4. The first-order valence-corrected chi connectivity index (χ1v) is 10.2. The summed E-state index contributed by atoms with van der Waals surface area (Å²) in [5.41, 5.74) is 2.56. The van der Waals surface area contributed by atoms with Crippen LogP contribution in [0.2, 0.25) is 0 Å². The van der Waals surface area contributed by atoms with Crippen LogP contribution in [0, 0.1) is 0 Å². The van der Waals surface area contributed by atoms with E-state index in [1.807, 2.05) is 41.8 Å². The second-order valence-electron chi connectivity index (χ2n) is 6.08. The fraction of sp³-hybridized carbons (Fsp3) is 0.278. The van der Waals surface area contributed by atoms with E-state index in [9.17, 15) is 8.42 Å². The highest BCUT2D eigenvalue weighted by Crippen LogP contribution is 2.31. The average Bonchev–Trinajstić information content (AvgIpc) is 3.12. The molecular formula is C18H20N2O2S2. The van der Waals surface area contributed by atoms with E-state index in [0.717, 1.165) is 4.88 Å². The highest BCUT2D eigenvalue weighted by atomic mass is 32.2. The second kappa shape index (κ2) is 6.53. The molecule has 24 heavy (non-hydrogen) atoms. The number of hydrogen-bond acceptors (Lipinski definition) is 4. The lowest BCUT2D eigenvalue weighted by Crippen LogP contribution is -2.23. The van der Waals surface area contributed by atoms with Gasteiger partial charge in [0.15, 0.2) is 0 Å². The Kier molecular flexibility index (Phi) is 4.60. The molecule has 0 unspecified atom stereocenters. The maximum absolute atomic E-state index is 12.5. The van der Waals surface area contributed by atoms with E-state index in [0.29, 0.717) is 34.3 Å². The van der Waals surface area contributed by atoms with Crippen LogP contribution in [0.15, 0.2) is 52.3 Å². The molecule has 6 heteroatoms. The summed E-state index contributed by atoms with van der Waals surface area (Å²) in [5, 5.41) is 1.98. The van der Waals surface area contributed by atoms with Gasteiger partial charge in [-0.1, -0.05) is 44.2 Å². The molecule has 0 fully saturated rings. The smallest absolute Gasteiger partial charge is 0.263 e. The molecule has 1 aromatic heterocycles. The van der Waals surface area contributed by atoms with Gasteiger partial charge < -0.3 is 0 Å². The van der Waals surface area contributed by atoms with Crippen molar-refractivity contribution in [3.63, 3.8) is 0 Å². The molecule has 1 aromatic carbocycles. The summed E-state index contributed by atoms with van der Waals surface area (Å²) in [7, 11) is -3.56. The van der Waals surface area contributed by atoms with E-state index in [-0.39, 0.29) is 0 Å². The molecule has 0 atom stereocenters. The molecular weight excluding hydrogens is 340 g/mol. The zero-order valence-corrected chi connectivity index (χ0v) is 15.5. The van der Waals surface area contributed by atoms with Crippen LogP contribution in [0.25, 0.3) is 4.91 Å². The van der Waals surface area contributed by atoms with Crippen LogP contribution < -0.4 is 4.72 Å². The van der Waals surface area contributed by atoms with Crippen LogP contribution in [0.5, 0.6) is 0 Å². The lowest BCUT2D eigenvalue weighted by Gasteiger charge is -2.07. The Bertz CT molecular complexity index is 891. The number of hydrogen-bond donors (Lipinski definition) is 1. The lowest BCUT2D eigenvalue weighted by atomic mass is 10.0. The zero-order chi connectivity index (χ0) is 17.3. The SMILES string of the molecule is CC1=C(c2ccc(C(C)C)cc2)S(=O)(=O)NC1=NCc1cccs1. The third-order valence-corrected chi connectivity index (χ3v) is 6.41. The number of amidine groups is 1. The van der Waals surface area contributed by atoms with E-state index < -0.39 is 10.0 Å². The van der Waals surface area contributed by atoms with Crippen LogP contribution in [-0.4, -0.2) is 14.3 Å². The fourth-order valence-corrected chi connectivity index (χ4v) is 4.81. The minimum absolute atomic E-state index is 0.322. The molecule has 1 N–H and O–H groups in total. The number of sulfonamides is 1. The molecule has 0 spiro atoms. The van der Waals surface area contributed by atoms with Gasteiger partial charge in [0.2, 0.25) is 0 Å². The van der Waals surface area contributed by atoms with Gasteiger partial charge in [-0.2, -0.15) is 0 Å². The van der Waals surface area contributed by atoms with E-state index >= 15 is 0 Å². The largest absolute Gasteiger partial charge is 0.264 e. The van der Waals surface area contributed by atoms with E-state index in [1.165, 1.54) is 5.56 Å². The number of nitrogens with zero attached hydrogens (tertiary/aromatic N) is 1. The number of thiophene rings is 1. The standard InChI is InChI=1S/C18H20N2O2S2/c1-12(2)14-6-8-15(9-7-14)17-13(3)18(20-24(17,21)22)19-11-16-5-4-10-23-16/h4-10,12H,11H2,1-3H3,(H,19,20). The van der Waals surface area contributed by atoms with Gasteiger partial charge in [-0.25, -0.2) is 8.42 Å². The van der Waals surface area contributed by atoms with Gasteiger partial charge in [0, 0.05) is 10.5 Å². The molecule has 0 bridgehead atoms. The van der Waals surface area contributed by atoms with E-state index in [1.54, 1.807) is 18.3 Å². The molecule has 1 aliphatic heterocycles. The lowest BCUT2D eigenvalue weighted by molar-refractivity contribution is 0.603. The Hall–Kier alpha value is -1.92. The third-order valence-electron chi connectivity index (χ3n) is 4.01. The summed E-state index contributed by atoms with van der Waals surface area (Å²) in [6.07, 6.45) is 0. The fourth-order valence-electron chi connectivity index (χ4n) is 2.67. The van der Waals surface area contributed by atoms with Crippen molar-refractivity contribution in [2.75, 3.05) is 0 Å². The summed E-state index contributed by atoms with van der Waals surface area (Å²) in [4.78, 5) is 5.87. The summed E-state index contributed by atoms with van der Waals surface area (Å²) < 4.78 is 27.6. The molecule has 3 rings (SSSR count). The van der Waals surface area contributed by atoms with Crippen LogP contribution >= 0.6 is 11.3 Å². The Morgan fingerprint density at radius 3 is 2.46 bits per heavy atom. The molecule has 0 aliphatic carbocycles. The Balaban J connectivity index is 1.96. The van der Waals surface area contributed by atoms with Crippen molar-refractivity contribution >= 4 is 32.1 Å². The molecule has 0 radical (unpaired) electrons. The number of aliphatic imine (C=N–C) groups is 1. The molecule has 4 nitrogen and oxygen atoms in total.